The number of phenols is 1. The molecular formula is C43H58N2O9. The van der Waals surface area contributed by atoms with Gasteiger partial charge in [-0.05, 0) is 86.1 Å². The van der Waals surface area contributed by atoms with Gasteiger partial charge < -0.3 is 39.1 Å². The van der Waals surface area contributed by atoms with Crippen molar-refractivity contribution in [2.75, 3.05) is 33.0 Å². The molecule has 2 aromatic carbocycles. The van der Waals surface area contributed by atoms with Crippen LogP contribution in [0.25, 0.3) is 0 Å². The molecule has 0 spiro atoms. The van der Waals surface area contributed by atoms with E-state index < -0.39 is 30.1 Å². The van der Waals surface area contributed by atoms with Crippen LogP contribution >= 0.6 is 0 Å². The van der Waals surface area contributed by atoms with E-state index in [9.17, 15) is 20.1 Å². The summed E-state index contributed by atoms with van der Waals surface area (Å²) in [6.45, 7) is 7.49. The molecule has 6 rings (SSSR count). The molecule has 7 atom stereocenters. The van der Waals surface area contributed by atoms with Gasteiger partial charge in [0.1, 0.15) is 24.1 Å². The lowest BCUT2D eigenvalue weighted by molar-refractivity contribution is -0.255. The number of oxime groups is 1. The van der Waals surface area contributed by atoms with Crippen molar-refractivity contribution < 1.29 is 43.9 Å². The Labute approximate surface area is 319 Å². The van der Waals surface area contributed by atoms with E-state index in [0.717, 1.165) is 61.6 Å². The van der Waals surface area contributed by atoms with Crippen LogP contribution in [-0.4, -0.2) is 83.1 Å². The molecule has 2 fully saturated rings. The van der Waals surface area contributed by atoms with Gasteiger partial charge in [-0.25, -0.2) is 4.79 Å². The number of aliphatic hydroxyl groups excluding tert-OH is 2. The second-order valence-electron chi connectivity index (χ2n) is 14.9. The third-order valence-corrected chi connectivity index (χ3v) is 11.4. The summed E-state index contributed by atoms with van der Waals surface area (Å²) in [5, 5.41) is 35.4. The summed E-state index contributed by atoms with van der Waals surface area (Å²) in [5.41, 5.74) is 3.39. The van der Waals surface area contributed by atoms with Crippen molar-refractivity contribution in [3.63, 3.8) is 0 Å². The van der Waals surface area contributed by atoms with Crippen molar-refractivity contribution in [2.45, 2.75) is 108 Å². The van der Waals surface area contributed by atoms with Gasteiger partial charge in [-0.2, -0.15) is 0 Å². The van der Waals surface area contributed by atoms with Gasteiger partial charge in [0.05, 0.1) is 24.8 Å². The summed E-state index contributed by atoms with van der Waals surface area (Å²) in [7, 11) is 0. The monoisotopic (exact) mass is 746 g/mol. The fourth-order valence-electron chi connectivity index (χ4n) is 8.99. The number of aromatic hydroxyl groups is 1. The molecule has 3 N–H and O–H groups in total. The van der Waals surface area contributed by atoms with Crippen LogP contribution < -0.4 is 4.74 Å². The molecule has 2 aliphatic heterocycles. The highest BCUT2D eigenvalue weighted by atomic mass is 16.8. The van der Waals surface area contributed by atoms with Crippen LogP contribution in [0, 0.1) is 17.8 Å². The highest BCUT2D eigenvalue weighted by molar-refractivity contribution is 6.03. The normalized spacial score (nSPS) is 27.9. The van der Waals surface area contributed by atoms with Gasteiger partial charge in [0.15, 0.2) is 0 Å². The average Bonchev–Trinajstić information content (AvgIpc) is 3.20. The molecular weight excluding hydrogens is 688 g/mol. The molecule has 0 bridgehead atoms. The van der Waals surface area contributed by atoms with E-state index >= 15 is 0 Å². The zero-order valence-electron chi connectivity index (χ0n) is 31.7. The number of unbranched alkanes of at least 4 members (excludes halogenated alkanes) is 2. The maximum Gasteiger partial charge on any atom is 0.410 e. The number of hydrogen-bond acceptors (Lipinski definition) is 10. The SMILES string of the molecule is C=CCOC12Oc3ccc(O)cc3C3C(CCCCO)C(CCCCO)C=C(C(=NOC4CCCCO4)CC1N(CCC)C(=O)OCc1ccccc1)C32. The third-order valence-electron chi connectivity index (χ3n) is 11.4. The number of carbonyl (C=O) groups is 1. The number of ether oxygens (including phenoxy) is 4. The van der Waals surface area contributed by atoms with E-state index in [1.807, 2.05) is 37.3 Å². The van der Waals surface area contributed by atoms with E-state index in [2.05, 4.69) is 12.7 Å². The Balaban J connectivity index is 1.53. The van der Waals surface area contributed by atoms with Gasteiger partial charge in [-0.15, -0.1) is 6.58 Å². The second-order valence-corrected chi connectivity index (χ2v) is 14.9. The Morgan fingerprint density at radius 2 is 1.87 bits per heavy atom. The van der Waals surface area contributed by atoms with Crippen molar-refractivity contribution in [1.29, 1.82) is 0 Å². The molecule has 54 heavy (non-hydrogen) atoms. The predicted molar refractivity (Wildman–Crippen MR) is 205 cm³/mol. The first kappa shape index (κ1) is 39.8. The fraction of sp³-hybridized carbons (Fsp3) is 0.581. The summed E-state index contributed by atoms with van der Waals surface area (Å²) in [6, 6.07) is 14.2. The van der Waals surface area contributed by atoms with Gasteiger partial charge in [0, 0.05) is 44.1 Å². The number of fused-ring (bicyclic) bond motifs is 2. The summed E-state index contributed by atoms with van der Waals surface area (Å²) < 4.78 is 26.1. The van der Waals surface area contributed by atoms with Gasteiger partial charge in [0.2, 0.25) is 12.1 Å². The smallest absolute Gasteiger partial charge is 0.410 e. The fourth-order valence-corrected chi connectivity index (χ4v) is 8.99. The van der Waals surface area contributed by atoms with Crippen molar-refractivity contribution in [3.05, 3.63) is 84.0 Å². The molecule has 294 valence electrons. The minimum Gasteiger partial charge on any atom is -0.508 e. The topological polar surface area (TPSA) is 140 Å². The number of nitrogens with zero attached hydrogens (tertiary/aromatic N) is 2. The van der Waals surface area contributed by atoms with E-state index in [0.29, 0.717) is 43.9 Å². The Morgan fingerprint density at radius 1 is 1.07 bits per heavy atom. The lowest BCUT2D eigenvalue weighted by Crippen LogP contribution is -2.70. The van der Waals surface area contributed by atoms with Crippen LogP contribution in [0.2, 0.25) is 0 Å². The molecule has 2 aromatic rings. The maximum absolute atomic E-state index is 14.4. The summed E-state index contributed by atoms with van der Waals surface area (Å²) in [5.74, 6) is -1.19. The Kier molecular flexibility index (Phi) is 14.1. The van der Waals surface area contributed by atoms with Crippen LogP contribution in [0.5, 0.6) is 11.5 Å². The average molecular weight is 747 g/mol. The molecule has 1 saturated heterocycles. The van der Waals surface area contributed by atoms with Crippen LogP contribution in [0.3, 0.4) is 0 Å². The van der Waals surface area contributed by atoms with Crippen molar-refractivity contribution in [3.8, 4) is 11.5 Å². The minimum absolute atomic E-state index is 0.0624. The van der Waals surface area contributed by atoms with Crippen LogP contribution in [0.4, 0.5) is 4.79 Å². The highest BCUT2D eigenvalue weighted by Gasteiger charge is 2.65. The molecule has 11 heteroatoms. The molecule has 4 aliphatic rings. The molecule has 1 amide bonds. The number of phenolic OH excluding ortho intramolecular Hbond substituents is 1. The first-order valence-corrected chi connectivity index (χ1v) is 20.0. The number of benzene rings is 2. The maximum atomic E-state index is 14.4. The Hall–Kier alpha value is -3.90. The number of hydrogen-bond donors (Lipinski definition) is 3. The van der Waals surface area contributed by atoms with Crippen LogP contribution in [0.15, 0.2) is 78.0 Å². The van der Waals surface area contributed by atoms with Crippen molar-refractivity contribution in [1.82, 2.24) is 4.90 Å². The van der Waals surface area contributed by atoms with Gasteiger partial charge in [0.25, 0.3) is 0 Å². The molecule has 0 aromatic heterocycles. The largest absolute Gasteiger partial charge is 0.508 e. The van der Waals surface area contributed by atoms with Crippen LogP contribution in [-0.2, 0) is 25.7 Å². The summed E-state index contributed by atoms with van der Waals surface area (Å²) >= 11 is 0. The number of rotatable bonds is 18. The molecule has 0 radical (unpaired) electrons. The van der Waals surface area contributed by atoms with Crippen molar-refractivity contribution >= 4 is 11.8 Å². The number of carbonyl (C=O) groups excluding carboxylic acids is 1. The lowest BCUT2D eigenvalue weighted by atomic mass is 9.55. The Morgan fingerprint density at radius 3 is 2.59 bits per heavy atom. The van der Waals surface area contributed by atoms with E-state index in [4.69, 9.17) is 28.9 Å². The minimum atomic E-state index is -1.39. The first-order valence-electron chi connectivity index (χ1n) is 20.0. The molecule has 2 aliphatic carbocycles. The van der Waals surface area contributed by atoms with Crippen LogP contribution in [0.1, 0.15) is 94.6 Å². The molecule has 7 unspecified atom stereocenters. The Bertz CT molecular complexity index is 1590. The van der Waals surface area contributed by atoms with E-state index in [1.165, 1.54) is 0 Å². The summed E-state index contributed by atoms with van der Waals surface area (Å²) in [6.07, 6.45) is 11.3. The van der Waals surface area contributed by atoms with E-state index in [1.54, 1.807) is 29.2 Å². The molecule has 2 heterocycles. The molecule has 1 saturated carbocycles. The molecule has 11 nitrogen and oxygen atoms in total. The number of aliphatic hydroxyl groups is 2. The predicted octanol–water partition coefficient (Wildman–Crippen LogP) is 7.60. The van der Waals surface area contributed by atoms with Gasteiger partial charge in [-0.3, -0.25) is 4.90 Å². The quantitative estimate of drug-likeness (QED) is 0.0800. The standard InChI is InChI=1S/C43H58N2O9/c1-3-21-45(42(49)51-29-30-14-6-5-7-15-30)38-28-36(44-54-39-18-10-13-25-50-39)34-26-31(16-8-11-22-46)33(17-9-12-23-47)40-35-27-32(48)19-20-37(35)53-43(38,41(34)40)52-24-4-2/h4-7,14-15,19-20,26-27,31,33,38-41,46-48H,2-3,8-13,16-18,21-25,28-29H2,1H3. The van der Waals surface area contributed by atoms with Crippen molar-refractivity contribution in [2.24, 2.45) is 22.9 Å². The number of amides is 1. The summed E-state index contributed by atoms with van der Waals surface area (Å²) in [4.78, 5) is 22.3. The zero-order valence-corrected chi connectivity index (χ0v) is 31.7. The third kappa shape index (κ3) is 8.80. The zero-order chi connectivity index (χ0) is 37.9. The highest BCUT2D eigenvalue weighted by Crippen LogP contribution is 2.62. The van der Waals surface area contributed by atoms with Gasteiger partial charge >= 0.3 is 6.09 Å². The number of allylic oxidation sites excluding steroid dienone is 1. The van der Waals surface area contributed by atoms with E-state index in [-0.39, 0.29) is 56.4 Å². The second kappa shape index (κ2) is 19.1. The lowest BCUT2D eigenvalue weighted by Gasteiger charge is -2.59. The van der Waals surface area contributed by atoms with Gasteiger partial charge in [-0.1, -0.05) is 67.4 Å². The first-order chi connectivity index (χ1) is 26.4.